The molecule has 0 saturated heterocycles. The summed E-state index contributed by atoms with van der Waals surface area (Å²) in [4.78, 5) is 0. The lowest BCUT2D eigenvalue weighted by atomic mass is 10.2. The smallest absolute Gasteiger partial charge is 0.0785 e. The maximum atomic E-state index is 8.79. The SMILES string of the molecule is CC(CO)OC(C)COCCCCCCO. The number of rotatable bonds is 11. The first-order valence-electron chi connectivity index (χ1n) is 6.15. The Morgan fingerprint density at radius 3 is 2.25 bits per heavy atom. The van der Waals surface area contributed by atoms with E-state index in [0.29, 0.717) is 6.61 Å². The molecule has 0 aromatic carbocycles. The number of unbranched alkanes of at least 4 members (excludes halogenated alkanes) is 3. The zero-order valence-corrected chi connectivity index (χ0v) is 10.5. The highest BCUT2D eigenvalue weighted by Gasteiger charge is 2.07. The van der Waals surface area contributed by atoms with E-state index in [4.69, 9.17) is 19.7 Å². The molecule has 98 valence electrons. The van der Waals surface area contributed by atoms with Gasteiger partial charge in [0, 0.05) is 13.2 Å². The summed E-state index contributed by atoms with van der Waals surface area (Å²) in [5, 5.41) is 17.4. The number of hydrogen-bond acceptors (Lipinski definition) is 4. The van der Waals surface area contributed by atoms with Crippen molar-refractivity contribution in [3.63, 3.8) is 0 Å². The molecule has 0 spiro atoms. The topological polar surface area (TPSA) is 58.9 Å². The fourth-order valence-corrected chi connectivity index (χ4v) is 1.40. The van der Waals surface area contributed by atoms with Gasteiger partial charge in [0.1, 0.15) is 0 Å². The van der Waals surface area contributed by atoms with Crippen LogP contribution in [-0.2, 0) is 9.47 Å². The summed E-state index contributed by atoms with van der Waals surface area (Å²) in [6.07, 6.45) is 3.98. The Hall–Kier alpha value is -0.160. The molecule has 2 atom stereocenters. The lowest BCUT2D eigenvalue weighted by Crippen LogP contribution is -2.24. The molecule has 0 fully saturated rings. The van der Waals surface area contributed by atoms with Crippen molar-refractivity contribution in [1.29, 1.82) is 0 Å². The molecular weight excluding hydrogens is 208 g/mol. The second kappa shape index (κ2) is 11.3. The third-order valence-corrected chi connectivity index (χ3v) is 2.27. The van der Waals surface area contributed by atoms with Crippen molar-refractivity contribution in [2.24, 2.45) is 0 Å². The summed E-state index contributed by atoms with van der Waals surface area (Å²) < 4.78 is 10.9. The summed E-state index contributed by atoms with van der Waals surface area (Å²) in [5.74, 6) is 0. The molecule has 0 aliphatic rings. The summed E-state index contributed by atoms with van der Waals surface area (Å²) in [6, 6.07) is 0. The van der Waals surface area contributed by atoms with Crippen LogP contribution in [0.5, 0.6) is 0 Å². The van der Waals surface area contributed by atoms with Gasteiger partial charge in [-0.3, -0.25) is 0 Å². The van der Waals surface area contributed by atoms with Gasteiger partial charge in [-0.25, -0.2) is 0 Å². The van der Waals surface area contributed by atoms with Crippen molar-refractivity contribution in [2.45, 2.75) is 51.7 Å². The maximum absolute atomic E-state index is 8.79. The van der Waals surface area contributed by atoms with E-state index in [9.17, 15) is 0 Å². The highest BCUT2D eigenvalue weighted by atomic mass is 16.5. The van der Waals surface area contributed by atoms with E-state index in [0.717, 1.165) is 32.3 Å². The van der Waals surface area contributed by atoms with E-state index in [-0.39, 0.29) is 25.4 Å². The van der Waals surface area contributed by atoms with Crippen LogP contribution in [0.15, 0.2) is 0 Å². The number of ether oxygens (including phenoxy) is 2. The van der Waals surface area contributed by atoms with Crippen LogP contribution in [0.1, 0.15) is 39.5 Å². The molecule has 4 nitrogen and oxygen atoms in total. The quantitative estimate of drug-likeness (QED) is 0.530. The molecule has 0 radical (unpaired) electrons. The highest BCUT2D eigenvalue weighted by molar-refractivity contribution is 4.53. The summed E-state index contributed by atoms with van der Waals surface area (Å²) in [7, 11) is 0. The molecule has 0 saturated carbocycles. The van der Waals surface area contributed by atoms with Crippen molar-refractivity contribution >= 4 is 0 Å². The van der Waals surface area contributed by atoms with Crippen molar-refractivity contribution < 1.29 is 19.7 Å². The first kappa shape index (κ1) is 15.8. The first-order chi connectivity index (χ1) is 7.70. The normalized spacial score (nSPS) is 15.0. The molecule has 0 aliphatic heterocycles. The van der Waals surface area contributed by atoms with Gasteiger partial charge in [0.25, 0.3) is 0 Å². The Morgan fingerprint density at radius 1 is 0.938 bits per heavy atom. The minimum atomic E-state index is -0.122. The van der Waals surface area contributed by atoms with Gasteiger partial charge in [0.05, 0.1) is 25.4 Å². The van der Waals surface area contributed by atoms with Crippen molar-refractivity contribution in [3.05, 3.63) is 0 Å². The van der Waals surface area contributed by atoms with Crippen LogP contribution < -0.4 is 0 Å². The maximum Gasteiger partial charge on any atom is 0.0785 e. The Morgan fingerprint density at radius 2 is 1.62 bits per heavy atom. The van der Waals surface area contributed by atoms with Crippen LogP contribution in [0.4, 0.5) is 0 Å². The van der Waals surface area contributed by atoms with Gasteiger partial charge < -0.3 is 19.7 Å². The first-order valence-corrected chi connectivity index (χ1v) is 6.15. The average Bonchev–Trinajstić information content (AvgIpc) is 2.27. The summed E-state index contributed by atoms with van der Waals surface area (Å²) in [5.41, 5.74) is 0. The summed E-state index contributed by atoms with van der Waals surface area (Å²) in [6.45, 7) is 5.43. The lowest BCUT2D eigenvalue weighted by molar-refractivity contribution is -0.0586. The van der Waals surface area contributed by atoms with E-state index < -0.39 is 0 Å². The molecule has 2 N–H and O–H groups in total. The second-order valence-corrected chi connectivity index (χ2v) is 4.15. The van der Waals surface area contributed by atoms with Crippen molar-refractivity contribution in [3.8, 4) is 0 Å². The van der Waals surface area contributed by atoms with Gasteiger partial charge in [0.2, 0.25) is 0 Å². The van der Waals surface area contributed by atoms with Crippen LogP contribution in [0.25, 0.3) is 0 Å². The van der Waals surface area contributed by atoms with Crippen molar-refractivity contribution in [1.82, 2.24) is 0 Å². The fraction of sp³-hybridized carbons (Fsp3) is 1.00. The van der Waals surface area contributed by atoms with E-state index >= 15 is 0 Å². The minimum Gasteiger partial charge on any atom is -0.396 e. The van der Waals surface area contributed by atoms with Crippen LogP contribution >= 0.6 is 0 Å². The van der Waals surface area contributed by atoms with Gasteiger partial charge in [-0.05, 0) is 26.7 Å². The van der Waals surface area contributed by atoms with Gasteiger partial charge >= 0.3 is 0 Å². The van der Waals surface area contributed by atoms with Gasteiger partial charge in [-0.15, -0.1) is 0 Å². The van der Waals surface area contributed by atoms with Gasteiger partial charge in [0.15, 0.2) is 0 Å². The molecular formula is C12H26O4. The standard InChI is InChI=1S/C12H26O4/c1-11(9-14)16-12(2)10-15-8-6-4-3-5-7-13/h11-14H,3-10H2,1-2H3. The van der Waals surface area contributed by atoms with Crippen LogP contribution in [0.3, 0.4) is 0 Å². The molecule has 0 aromatic heterocycles. The van der Waals surface area contributed by atoms with E-state index in [1.165, 1.54) is 0 Å². The molecule has 2 unspecified atom stereocenters. The van der Waals surface area contributed by atoms with Gasteiger partial charge in [-0.1, -0.05) is 12.8 Å². The largest absolute Gasteiger partial charge is 0.396 e. The number of aliphatic hydroxyl groups excluding tert-OH is 2. The van der Waals surface area contributed by atoms with Crippen molar-refractivity contribution in [2.75, 3.05) is 26.4 Å². The highest BCUT2D eigenvalue weighted by Crippen LogP contribution is 2.01. The molecule has 0 bridgehead atoms. The van der Waals surface area contributed by atoms with Crippen LogP contribution in [-0.4, -0.2) is 48.8 Å². The molecule has 0 amide bonds. The molecule has 16 heavy (non-hydrogen) atoms. The third-order valence-electron chi connectivity index (χ3n) is 2.27. The predicted molar refractivity (Wildman–Crippen MR) is 63.5 cm³/mol. The third kappa shape index (κ3) is 10.4. The average molecular weight is 234 g/mol. The summed E-state index contributed by atoms with van der Waals surface area (Å²) >= 11 is 0. The number of aliphatic hydroxyl groups is 2. The van der Waals surface area contributed by atoms with E-state index in [2.05, 4.69) is 0 Å². The second-order valence-electron chi connectivity index (χ2n) is 4.15. The monoisotopic (exact) mass is 234 g/mol. The zero-order chi connectivity index (χ0) is 12.2. The Labute approximate surface area is 98.6 Å². The molecule has 0 aromatic rings. The zero-order valence-electron chi connectivity index (χ0n) is 10.5. The molecule has 0 aliphatic carbocycles. The van der Waals surface area contributed by atoms with Gasteiger partial charge in [-0.2, -0.15) is 0 Å². The fourth-order valence-electron chi connectivity index (χ4n) is 1.40. The molecule has 0 heterocycles. The van der Waals surface area contributed by atoms with Crippen LogP contribution in [0.2, 0.25) is 0 Å². The Balaban J connectivity index is 3.18. The predicted octanol–water partition coefficient (Wildman–Crippen LogP) is 1.34. The Kier molecular flexibility index (Phi) is 11.2. The minimum absolute atomic E-state index is 0.0274. The number of hydrogen-bond donors (Lipinski definition) is 2. The van der Waals surface area contributed by atoms with E-state index in [1.54, 1.807) is 0 Å². The lowest BCUT2D eigenvalue weighted by Gasteiger charge is -2.17. The Bertz CT molecular complexity index is 141. The van der Waals surface area contributed by atoms with Crippen LogP contribution in [0, 0.1) is 0 Å². The molecule has 4 heteroatoms. The van der Waals surface area contributed by atoms with E-state index in [1.807, 2.05) is 13.8 Å². The molecule has 0 rings (SSSR count).